The second-order valence-corrected chi connectivity index (χ2v) is 6.26. The van der Waals surface area contributed by atoms with Crippen molar-refractivity contribution >= 4 is 11.6 Å². The standard InChI is InChI=1S/C19H21F2N3O2/c1-13(25)23-15-7-10-24(11-8-15)16-6-9-22-18(12-16)14-2-4-17(5-3-14)26-19(20)21/h2-6,9,12,15,19H,7-8,10-11H2,1H3,(H,23,25). The Balaban J connectivity index is 1.68. The maximum absolute atomic E-state index is 12.2. The number of anilines is 1. The first kappa shape index (κ1) is 18.1. The van der Waals surface area contributed by atoms with E-state index in [-0.39, 0.29) is 17.7 Å². The van der Waals surface area contributed by atoms with Crippen LogP contribution in [0.5, 0.6) is 5.75 Å². The molecule has 0 unspecified atom stereocenters. The maximum Gasteiger partial charge on any atom is 0.387 e. The molecule has 26 heavy (non-hydrogen) atoms. The Kier molecular flexibility index (Phi) is 5.65. The van der Waals surface area contributed by atoms with Crippen molar-refractivity contribution in [2.24, 2.45) is 0 Å². The second kappa shape index (κ2) is 8.12. The Morgan fingerprint density at radius 2 is 1.92 bits per heavy atom. The van der Waals surface area contributed by atoms with Gasteiger partial charge in [0.2, 0.25) is 5.91 Å². The van der Waals surface area contributed by atoms with Crippen molar-refractivity contribution in [2.75, 3.05) is 18.0 Å². The van der Waals surface area contributed by atoms with Crippen LogP contribution in [-0.4, -0.2) is 36.6 Å². The van der Waals surface area contributed by atoms with Crippen molar-refractivity contribution in [3.05, 3.63) is 42.6 Å². The first-order chi connectivity index (χ1) is 12.5. The molecule has 0 saturated carbocycles. The average Bonchev–Trinajstić information content (AvgIpc) is 2.62. The lowest BCUT2D eigenvalue weighted by Gasteiger charge is -2.33. The maximum atomic E-state index is 12.2. The zero-order chi connectivity index (χ0) is 18.5. The Labute approximate surface area is 151 Å². The third kappa shape index (κ3) is 4.68. The van der Waals surface area contributed by atoms with Gasteiger partial charge in [-0.25, -0.2) is 0 Å². The molecule has 1 aromatic carbocycles. The highest BCUT2D eigenvalue weighted by Gasteiger charge is 2.20. The topological polar surface area (TPSA) is 54.5 Å². The number of hydrogen-bond donors (Lipinski definition) is 1. The summed E-state index contributed by atoms with van der Waals surface area (Å²) in [7, 11) is 0. The number of pyridine rings is 1. The number of aromatic nitrogens is 1. The van der Waals surface area contributed by atoms with Crippen LogP contribution in [0.4, 0.5) is 14.5 Å². The van der Waals surface area contributed by atoms with Crippen LogP contribution >= 0.6 is 0 Å². The third-order valence-electron chi connectivity index (χ3n) is 4.39. The fraction of sp³-hybridized carbons (Fsp3) is 0.368. The van der Waals surface area contributed by atoms with E-state index < -0.39 is 6.61 Å². The molecule has 2 heterocycles. The van der Waals surface area contributed by atoms with Gasteiger partial charge in [-0.2, -0.15) is 8.78 Å². The number of carbonyl (C=O) groups is 1. The summed E-state index contributed by atoms with van der Waals surface area (Å²) in [5.41, 5.74) is 2.67. The molecule has 5 nitrogen and oxygen atoms in total. The lowest BCUT2D eigenvalue weighted by molar-refractivity contribution is -0.119. The normalized spacial score (nSPS) is 15.2. The molecule has 1 aliphatic rings. The molecular formula is C19H21F2N3O2. The summed E-state index contributed by atoms with van der Waals surface area (Å²) in [5, 5.41) is 2.97. The second-order valence-electron chi connectivity index (χ2n) is 6.26. The molecule has 1 amide bonds. The molecule has 1 N–H and O–H groups in total. The van der Waals surface area contributed by atoms with Gasteiger partial charge in [0.15, 0.2) is 0 Å². The van der Waals surface area contributed by atoms with Crippen molar-refractivity contribution in [3.63, 3.8) is 0 Å². The molecule has 3 rings (SSSR count). The number of ether oxygens (including phenoxy) is 1. The number of benzene rings is 1. The molecule has 1 aliphatic heterocycles. The number of nitrogens with zero attached hydrogens (tertiary/aromatic N) is 2. The number of alkyl halides is 2. The largest absolute Gasteiger partial charge is 0.435 e. The van der Waals surface area contributed by atoms with Crippen molar-refractivity contribution < 1.29 is 18.3 Å². The molecule has 1 aromatic heterocycles. The summed E-state index contributed by atoms with van der Waals surface area (Å²) in [6, 6.07) is 10.6. The first-order valence-corrected chi connectivity index (χ1v) is 8.54. The van der Waals surface area contributed by atoms with Crippen LogP contribution in [0.25, 0.3) is 11.3 Å². The highest BCUT2D eigenvalue weighted by molar-refractivity contribution is 5.73. The van der Waals surface area contributed by atoms with E-state index in [4.69, 9.17) is 0 Å². The average molecular weight is 361 g/mol. The van der Waals surface area contributed by atoms with Gasteiger partial charge in [0.05, 0.1) is 5.69 Å². The van der Waals surface area contributed by atoms with Crippen molar-refractivity contribution in [1.29, 1.82) is 0 Å². The lowest BCUT2D eigenvalue weighted by atomic mass is 10.0. The quantitative estimate of drug-likeness (QED) is 0.886. The third-order valence-corrected chi connectivity index (χ3v) is 4.39. The molecule has 0 atom stereocenters. The van der Waals surface area contributed by atoms with Gasteiger partial charge in [0, 0.05) is 43.5 Å². The van der Waals surface area contributed by atoms with Gasteiger partial charge in [-0.1, -0.05) is 0 Å². The minimum Gasteiger partial charge on any atom is -0.435 e. The predicted molar refractivity (Wildman–Crippen MR) is 95.4 cm³/mol. The van der Waals surface area contributed by atoms with E-state index >= 15 is 0 Å². The SMILES string of the molecule is CC(=O)NC1CCN(c2ccnc(-c3ccc(OC(F)F)cc3)c2)CC1. The number of halogens is 2. The molecule has 0 spiro atoms. The van der Waals surface area contributed by atoms with Crippen LogP contribution in [0, 0.1) is 0 Å². The van der Waals surface area contributed by atoms with Crippen LogP contribution in [0.15, 0.2) is 42.6 Å². The van der Waals surface area contributed by atoms with Crippen molar-refractivity contribution in [1.82, 2.24) is 10.3 Å². The lowest BCUT2D eigenvalue weighted by Crippen LogP contribution is -2.44. The number of carbonyl (C=O) groups excluding carboxylic acids is 1. The predicted octanol–water partition coefficient (Wildman–Crippen LogP) is 3.45. The molecule has 1 saturated heterocycles. The fourth-order valence-corrected chi connectivity index (χ4v) is 3.15. The number of piperidine rings is 1. The van der Waals surface area contributed by atoms with Crippen LogP contribution in [0.1, 0.15) is 19.8 Å². The fourth-order valence-electron chi connectivity index (χ4n) is 3.15. The Morgan fingerprint density at radius 1 is 1.23 bits per heavy atom. The molecule has 138 valence electrons. The van der Waals surface area contributed by atoms with Crippen LogP contribution in [-0.2, 0) is 4.79 Å². The molecule has 1 fully saturated rings. The van der Waals surface area contributed by atoms with Crippen molar-refractivity contribution in [3.8, 4) is 17.0 Å². The van der Waals surface area contributed by atoms with Gasteiger partial charge in [-0.05, 0) is 49.2 Å². The molecule has 0 radical (unpaired) electrons. The minimum atomic E-state index is -2.83. The van der Waals surface area contributed by atoms with Gasteiger partial charge < -0.3 is 15.0 Å². The highest BCUT2D eigenvalue weighted by atomic mass is 19.3. The summed E-state index contributed by atoms with van der Waals surface area (Å²) >= 11 is 0. The summed E-state index contributed by atoms with van der Waals surface area (Å²) in [4.78, 5) is 17.8. The van der Waals surface area contributed by atoms with Crippen LogP contribution < -0.4 is 15.0 Å². The summed E-state index contributed by atoms with van der Waals surface area (Å²) < 4.78 is 28.8. The molecule has 0 bridgehead atoms. The van der Waals surface area contributed by atoms with Crippen LogP contribution in [0.3, 0.4) is 0 Å². The van der Waals surface area contributed by atoms with Gasteiger partial charge >= 0.3 is 6.61 Å². The minimum absolute atomic E-state index is 0.00826. The Hall–Kier alpha value is -2.70. The van der Waals surface area contributed by atoms with Gasteiger partial charge in [0.1, 0.15) is 5.75 Å². The Morgan fingerprint density at radius 3 is 2.54 bits per heavy atom. The zero-order valence-corrected chi connectivity index (χ0v) is 14.5. The smallest absolute Gasteiger partial charge is 0.387 e. The zero-order valence-electron chi connectivity index (χ0n) is 14.5. The first-order valence-electron chi connectivity index (χ1n) is 8.54. The molecule has 0 aliphatic carbocycles. The van der Waals surface area contributed by atoms with E-state index in [2.05, 4.69) is 19.9 Å². The highest BCUT2D eigenvalue weighted by Crippen LogP contribution is 2.26. The molecular weight excluding hydrogens is 340 g/mol. The summed E-state index contributed by atoms with van der Waals surface area (Å²) in [5.74, 6) is 0.133. The number of rotatable bonds is 5. The van der Waals surface area contributed by atoms with Gasteiger partial charge in [-0.15, -0.1) is 0 Å². The van der Waals surface area contributed by atoms with E-state index in [9.17, 15) is 13.6 Å². The van der Waals surface area contributed by atoms with E-state index in [1.54, 1.807) is 25.3 Å². The monoisotopic (exact) mass is 361 g/mol. The summed E-state index contributed by atoms with van der Waals surface area (Å²) in [6.07, 6.45) is 3.54. The Bertz CT molecular complexity index is 745. The number of hydrogen-bond acceptors (Lipinski definition) is 4. The van der Waals surface area contributed by atoms with Crippen molar-refractivity contribution in [2.45, 2.75) is 32.4 Å². The molecule has 7 heteroatoms. The summed E-state index contributed by atoms with van der Waals surface area (Å²) in [6.45, 7) is 0.423. The van der Waals surface area contributed by atoms with E-state index in [0.29, 0.717) is 0 Å². The van der Waals surface area contributed by atoms with E-state index in [1.807, 2.05) is 12.1 Å². The number of nitrogens with one attached hydrogen (secondary N) is 1. The van der Waals surface area contributed by atoms with E-state index in [1.165, 1.54) is 12.1 Å². The number of amides is 1. The van der Waals surface area contributed by atoms with Gasteiger partial charge in [-0.3, -0.25) is 9.78 Å². The van der Waals surface area contributed by atoms with E-state index in [0.717, 1.165) is 42.9 Å². The van der Waals surface area contributed by atoms with Gasteiger partial charge in [0.25, 0.3) is 0 Å². The van der Waals surface area contributed by atoms with Crippen LogP contribution in [0.2, 0.25) is 0 Å². The molecule has 2 aromatic rings.